The van der Waals surface area contributed by atoms with Gasteiger partial charge in [-0.2, -0.15) is 0 Å². The number of likely N-dealkylation sites (tertiary alicyclic amines) is 1. The van der Waals surface area contributed by atoms with Gasteiger partial charge in [-0.25, -0.2) is 4.39 Å². The molecule has 1 aromatic carbocycles. The normalized spacial score (nSPS) is 22.0. The van der Waals surface area contributed by atoms with Crippen molar-refractivity contribution in [3.8, 4) is 17.0 Å². The number of hydrogen-bond acceptors (Lipinski definition) is 5. The predicted molar refractivity (Wildman–Crippen MR) is 88.3 cm³/mol. The van der Waals surface area contributed by atoms with Gasteiger partial charge in [-0.1, -0.05) is 12.1 Å². The number of aromatic nitrogens is 2. The van der Waals surface area contributed by atoms with Gasteiger partial charge < -0.3 is 15.3 Å². The van der Waals surface area contributed by atoms with Crippen LogP contribution in [-0.2, 0) is 0 Å². The molecule has 0 bridgehead atoms. The number of aryl methyl sites for hydroxylation is 1. The molecule has 2 aromatic rings. The molecule has 0 spiro atoms. The quantitative estimate of drug-likeness (QED) is 0.911. The zero-order valence-electron chi connectivity index (χ0n) is 13.3. The average molecular weight is 316 g/mol. The number of aromatic hydroxyl groups is 1. The molecular formula is C17H21FN4O. The van der Waals surface area contributed by atoms with Crippen LogP contribution in [0.25, 0.3) is 11.3 Å². The van der Waals surface area contributed by atoms with Crippen molar-refractivity contribution in [3.63, 3.8) is 0 Å². The maximum Gasteiger partial charge on any atom is 0.149 e. The van der Waals surface area contributed by atoms with Gasteiger partial charge in [0, 0.05) is 31.1 Å². The van der Waals surface area contributed by atoms with E-state index in [1.165, 1.54) is 0 Å². The summed E-state index contributed by atoms with van der Waals surface area (Å²) in [7, 11) is 1.92. The molecule has 3 rings (SSSR count). The molecule has 5 nitrogen and oxygen atoms in total. The van der Waals surface area contributed by atoms with Crippen LogP contribution in [0.1, 0.15) is 12.0 Å². The second-order valence-electron chi connectivity index (χ2n) is 6.17. The summed E-state index contributed by atoms with van der Waals surface area (Å²) in [5.41, 5.74) is 2.22. The van der Waals surface area contributed by atoms with E-state index in [0.29, 0.717) is 30.0 Å². The minimum Gasteiger partial charge on any atom is -0.507 e. The number of phenols is 1. The van der Waals surface area contributed by atoms with Crippen molar-refractivity contribution in [2.75, 3.05) is 25.5 Å². The van der Waals surface area contributed by atoms with E-state index in [2.05, 4.69) is 15.5 Å². The Balaban J connectivity index is 1.78. The van der Waals surface area contributed by atoms with Gasteiger partial charge in [0.1, 0.15) is 17.7 Å². The van der Waals surface area contributed by atoms with Crippen LogP contribution in [0, 0.1) is 6.92 Å². The number of rotatable bonds is 3. The van der Waals surface area contributed by atoms with Crippen molar-refractivity contribution in [2.24, 2.45) is 0 Å². The molecule has 1 aliphatic rings. The number of anilines is 1. The predicted octanol–water partition coefficient (Wildman–Crippen LogP) is 2.61. The Morgan fingerprint density at radius 1 is 1.26 bits per heavy atom. The highest BCUT2D eigenvalue weighted by molar-refractivity contribution is 5.69. The molecule has 2 N–H and O–H groups in total. The van der Waals surface area contributed by atoms with Gasteiger partial charge in [-0.3, -0.25) is 0 Å². The molecule has 6 heteroatoms. The summed E-state index contributed by atoms with van der Waals surface area (Å²) < 4.78 is 13.7. The second-order valence-corrected chi connectivity index (χ2v) is 6.17. The molecule has 23 heavy (non-hydrogen) atoms. The second kappa shape index (κ2) is 6.50. The van der Waals surface area contributed by atoms with Gasteiger partial charge in [-0.15, -0.1) is 10.2 Å². The lowest BCUT2D eigenvalue weighted by atomic mass is 10.0. The number of phenolic OH excluding ortho intramolecular Hbond substituents is 1. The van der Waals surface area contributed by atoms with E-state index >= 15 is 0 Å². The largest absolute Gasteiger partial charge is 0.507 e. The van der Waals surface area contributed by atoms with Crippen molar-refractivity contribution in [3.05, 3.63) is 35.9 Å². The third kappa shape index (κ3) is 3.59. The highest BCUT2D eigenvalue weighted by atomic mass is 19.1. The lowest BCUT2D eigenvalue weighted by Gasteiger charge is -2.32. The zero-order chi connectivity index (χ0) is 16.4. The first-order chi connectivity index (χ1) is 11.0. The third-order valence-electron chi connectivity index (χ3n) is 4.08. The molecule has 0 unspecified atom stereocenters. The standard InChI is InChI=1S/C17H21FN4O/c1-11-7-16(19-13-8-12(18)9-22(2)10-13)20-21-17(11)14-5-3-4-6-15(14)23/h3-7,12-13,23H,8-10H2,1-2H3,(H,19,20)/t12-,13+/m0/s1. The SMILES string of the molecule is Cc1cc(N[C@@H]2C[C@H](F)CN(C)C2)nnc1-c1ccccc1O. The molecule has 2 heterocycles. The summed E-state index contributed by atoms with van der Waals surface area (Å²) in [5.74, 6) is 0.814. The van der Waals surface area contributed by atoms with Crippen molar-refractivity contribution in [1.82, 2.24) is 15.1 Å². The summed E-state index contributed by atoms with van der Waals surface area (Å²) in [6.45, 7) is 3.18. The molecule has 0 amide bonds. The molecule has 1 fully saturated rings. The summed E-state index contributed by atoms with van der Waals surface area (Å²) in [6.07, 6.45) is -0.340. The van der Waals surface area contributed by atoms with Gasteiger partial charge >= 0.3 is 0 Å². The Morgan fingerprint density at radius 2 is 2.04 bits per heavy atom. The van der Waals surface area contributed by atoms with Crippen molar-refractivity contribution in [1.29, 1.82) is 0 Å². The molecular weight excluding hydrogens is 295 g/mol. The first-order valence-electron chi connectivity index (χ1n) is 7.75. The highest BCUT2D eigenvalue weighted by Crippen LogP contribution is 2.29. The highest BCUT2D eigenvalue weighted by Gasteiger charge is 2.25. The van der Waals surface area contributed by atoms with E-state index in [1.54, 1.807) is 12.1 Å². The van der Waals surface area contributed by atoms with Gasteiger partial charge in [-0.05, 0) is 37.7 Å². The summed E-state index contributed by atoms with van der Waals surface area (Å²) in [5, 5.41) is 21.6. The van der Waals surface area contributed by atoms with Crippen LogP contribution in [0.4, 0.5) is 10.2 Å². The monoisotopic (exact) mass is 316 g/mol. The van der Waals surface area contributed by atoms with Gasteiger partial charge in [0.05, 0.1) is 5.69 Å². The average Bonchev–Trinajstić information content (AvgIpc) is 2.47. The van der Waals surface area contributed by atoms with E-state index < -0.39 is 6.17 Å². The van der Waals surface area contributed by atoms with Crippen molar-refractivity contribution < 1.29 is 9.50 Å². The topological polar surface area (TPSA) is 61.3 Å². The van der Waals surface area contributed by atoms with E-state index in [0.717, 1.165) is 12.1 Å². The number of likely N-dealkylation sites (N-methyl/N-ethyl adjacent to an activating group) is 1. The number of hydrogen-bond donors (Lipinski definition) is 2. The van der Waals surface area contributed by atoms with Crippen LogP contribution in [0.2, 0.25) is 0 Å². The fourth-order valence-electron chi connectivity index (χ4n) is 3.06. The Kier molecular flexibility index (Phi) is 4.43. The van der Waals surface area contributed by atoms with Crippen LogP contribution >= 0.6 is 0 Å². The molecule has 1 aliphatic heterocycles. The molecule has 2 atom stereocenters. The number of para-hydroxylation sites is 1. The van der Waals surface area contributed by atoms with E-state index in [-0.39, 0.29) is 11.8 Å². The van der Waals surface area contributed by atoms with E-state index in [1.807, 2.05) is 37.1 Å². The molecule has 0 aliphatic carbocycles. The lowest BCUT2D eigenvalue weighted by Crippen LogP contribution is -2.45. The van der Waals surface area contributed by atoms with Crippen LogP contribution < -0.4 is 5.32 Å². The Hall–Kier alpha value is -2.21. The Bertz CT molecular complexity index is 684. The summed E-state index contributed by atoms with van der Waals surface area (Å²) in [4.78, 5) is 1.97. The summed E-state index contributed by atoms with van der Waals surface area (Å²) in [6, 6.07) is 8.96. The fourth-order valence-corrected chi connectivity index (χ4v) is 3.06. The first kappa shape index (κ1) is 15.7. The third-order valence-corrected chi connectivity index (χ3v) is 4.08. The number of piperidine rings is 1. The zero-order valence-corrected chi connectivity index (χ0v) is 13.3. The number of nitrogens with one attached hydrogen (secondary N) is 1. The van der Waals surface area contributed by atoms with Gasteiger partial charge in [0.25, 0.3) is 0 Å². The maximum absolute atomic E-state index is 13.7. The van der Waals surface area contributed by atoms with Crippen LogP contribution in [0.5, 0.6) is 5.75 Å². The van der Waals surface area contributed by atoms with Gasteiger partial charge in [0.2, 0.25) is 0 Å². The smallest absolute Gasteiger partial charge is 0.149 e. The maximum atomic E-state index is 13.7. The lowest BCUT2D eigenvalue weighted by molar-refractivity contribution is 0.153. The molecule has 122 valence electrons. The van der Waals surface area contributed by atoms with Crippen molar-refractivity contribution >= 4 is 5.82 Å². The Morgan fingerprint density at radius 3 is 2.74 bits per heavy atom. The Labute approximate surface area is 135 Å². The van der Waals surface area contributed by atoms with Crippen LogP contribution in [0.15, 0.2) is 30.3 Å². The van der Waals surface area contributed by atoms with Crippen molar-refractivity contribution in [2.45, 2.75) is 25.6 Å². The van der Waals surface area contributed by atoms with Crippen LogP contribution in [-0.4, -0.2) is 52.6 Å². The fraction of sp³-hybridized carbons (Fsp3) is 0.412. The number of nitrogens with zero attached hydrogens (tertiary/aromatic N) is 3. The minimum atomic E-state index is -0.819. The molecule has 1 saturated heterocycles. The summed E-state index contributed by atoms with van der Waals surface area (Å²) >= 11 is 0. The number of alkyl halides is 1. The van der Waals surface area contributed by atoms with E-state index in [9.17, 15) is 9.50 Å². The minimum absolute atomic E-state index is 0.0217. The number of halogens is 1. The van der Waals surface area contributed by atoms with E-state index in [4.69, 9.17) is 0 Å². The van der Waals surface area contributed by atoms with Gasteiger partial charge in [0.15, 0.2) is 0 Å². The molecule has 1 aromatic heterocycles. The number of benzene rings is 1. The first-order valence-corrected chi connectivity index (χ1v) is 7.75. The van der Waals surface area contributed by atoms with Crippen LogP contribution in [0.3, 0.4) is 0 Å². The molecule has 0 radical (unpaired) electrons. The molecule has 0 saturated carbocycles.